The summed E-state index contributed by atoms with van der Waals surface area (Å²) in [4.78, 5) is 32.1. The van der Waals surface area contributed by atoms with E-state index in [1.54, 1.807) is 6.20 Å². The zero-order valence-corrected chi connectivity index (χ0v) is 15.5. The lowest BCUT2D eigenvalue weighted by molar-refractivity contribution is -0.144. The van der Waals surface area contributed by atoms with Gasteiger partial charge in [0.1, 0.15) is 11.9 Å². The molecular weight excluding hydrogens is 328 g/mol. The average Bonchev–Trinajstić information content (AvgIpc) is 3.40. The van der Waals surface area contributed by atoms with E-state index in [0.29, 0.717) is 19.4 Å². The Morgan fingerprint density at radius 3 is 2.77 bits per heavy atom. The van der Waals surface area contributed by atoms with Gasteiger partial charge in [-0.1, -0.05) is 11.6 Å². The van der Waals surface area contributed by atoms with Crippen molar-refractivity contribution in [1.82, 2.24) is 19.8 Å². The van der Waals surface area contributed by atoms with Gasteiger partial charge >= 0.3 is 0 Å². The van der Waals surface area contributed by atoms with Crippen molar-refractivity contribution in [3.8, 4) is 0 Å². The molecule has 2 fully saturated rings. The van der Waals surface area contributed by atoms with E-state index in [1.807, 2.05) is 22.7 Å². The first-order chi connectivity index (χ1) is 12.6. The van der Waals surface area contributed by atoms with Crippen LogP contribution in [0.3, 0.4) is 0 Å². The molecule has 2 heterocycles. The van der Waals surface area contributed by atoms with E-state index in [0.717, 1.165) is 31.5 Å². The van der Waals surface area contributed by atoms with E-state index in [2.05, 4.69) is 16.4 Å². The molecule has 1 N–H and O–H groups in total. The van der Waals surface area contributed by atoms with Gasteiger partial charge in [-0.25, -0.2) is 4.98 Å². The Morgan fingerprint density at radius 2 is 2.12 bits per heavy atom. The van der Waals surface area contributed by atoms with Crippen molar-refractivity contribution in [3.63, 3.8) is 0 Å². The van der Waals surface area contributed by atoms with E-state index in [1.165, 1.54) is 18.4 Å². The van der Waals surface area contributed by atoms with Crippen molar-refractivity contribution >= 4 is 11.8 Å². The molecule has 0 radical (unpaired) electrons. The Bertz CT molecular complexity index is 719. The lowest BCUT2D eigenvalue weighted by Gasteiger charge is -2.40. The second-order valence-corrected chi connectivity index (χ2v) is 7.84. The van der Waals surface area contributed by atoms with Crippen LogP contribution in [0.5, 0.6) is 0 Å². The molecule has 1 aliphatic heterocycles. The van der Waals surface area contributed by atoms with Gasteiger partial charge in [-0.3, -0.25) is 9.59 Å². The maximum Gasteiger partial charge on any atom is 0.225 e. The fourth-order valence-electron chi connectivity index (χ4n) is 4.34. The minimum atomic E-state index is -0.246. The van der Waals surface area contributed by atoms with E-state index in [4.69, 9.17) is 0 Å². The Balaban J connectivity index is 1.54. The molecule has 1 saturated heterocycles. The van der Waals surface area contributed by atoms with Crippen molar-refractivity contribution in [1.29, 1.82) is 0 Å². The van der Waals surface area contributed by atoms with E-state index < -0.39 is 0 Å². The van der Waals surface area contributed by atoms with Gasteiger partial charge in [0.2, 0.25) is 11.8 Å². The molecule has 1 aromatic heterocycles. The van der Waals surface area contributed by atoms with Gasteiger partial charge in [-0.2, -0.15) is 0 Å². The van der Waals surface area contributed by atoms with Gasteiger partial charge in [-0.15, -0.1) is 0 Å². The van der Waals surface area contributed by atoms with Crippen LogP contribution in [0.1, 0.15) is 63.2 Å². The van der Waals surface area contributed by atoms with Crippen molar-refractivity contribution < 1.29 is 9.59 Å². The van der Waals surface area contributed by atoms with Gasteiger partial charge in [-0.05, 0) is 44.9 Å². The van der Waals surface area contributed by atoms with Crippen molar-refractivity contribution in [3.05, 3.63) is 29.9 Å². The van der Waals surface area contributed by atoms with E-state index in [-0.39, 0.29) is 29.8 Å². The first-order valence-electron chi connectivity index (χ1n) is 9.89. The van der Waals surface area contributed by atoms with Crippen molar-refractivity contribution in [2.24, 2.45) is 13.0 Å². The molecule has 140 valence electrons. The summed E-state index contributed by atoms with van der Waals surface area (Å²) in [6.45, 7) is 0.639. The van der Waals surface area contributed by atoms with Crippen LogP contribution in [0.25, 0.3) is 0 Å². The maximum atomic E-state index is 13.0. The van der Waals surface area contributed by atoms with Gasteiger partial charge in [0.25, 0.3) is 0 Å². The highest BCUT2D eigenvalue weighted by molar-refractivity contribution is 5.85. The minimum absolute atomic E-state index is 0.0580. The van der Waals surface area contributed by atoms with Gasteiger partial charge in [0.05, 0.1) is 5.92 Å². The summed E-state index contributed by atoms with van der Waals surface area (Å²) in [7, 11) is 1.94. The average molecular weight is 356 g/mol. The number of imidazole rings is 1. The van der Waals surface area contributed by atoms with Crippen molar-refractivity contribution in [2.75, 3.05) is 6.54 Å². The molecule has 0 bridgehead atoms. The Labute approximate surface area is 154 Å². The molecule has 0 unspecified atom stereocenters. The minimum Gasteiger partial charge on any atom is -0.352 e. The van der Waals surface area contributed by atoms with E-state index in [9.17, 15) is 9.59 Å². The fraction of sp³-hybridized carbons (Fsp3) is 0.650. The summed E-state index contributed by atoms with van der Waals surface area (Å²) in [5.41, 5.74) is 1.34. The van der Waals surface area contributed by atoms with Crippen LogP contribution in [-0.2, 0) is 16.6 Å². The third kappa shape index (κ3) is 3.41. The number of likely N-dealkylation sites (tertiary alicyclic amines) is 1. The third-order valence-corrected chi connectivity index (χ3v) is 5.91. The second-order valence-electron chi connectivity index (χ2n) is 7.84. The molecule has 2 atom stereocenters. The second kappa shape index (κ2) is 7.25. The molecule has 26 heavy (non-hydrogen) atoms. The number of aromatic nitrogens is 2. The first kappa shape index (κ1) is 17.3. The molecule has 4 rings (SSSR count). The monoisotopic (exact) mass is 356 g/mol. The van der Waals surface area contributed by atoms with Gasteiger partial charge in [0.15, 0.2) is 0 Å². The zero-order chi connectivity index (χ0) is 18.1. The molecule has 0 spiro atoms. The van der Waals surface area contributed by atoms with Gasteiger partial charge in [0, 0.05) is 38.4 Å². The normalized spacial score (nSPS) is 26.6. The number of amides is 2. The lowest BCUT2D eigenvalue weighted by Crippen LogP contribution is -2.50. The number of aryl methyl sites for hydroxylation is 1. The summed E-state index contributed by atoms with van der Waals surface area (Å²) >= 11 is 0. The van der Waals surface area contributed by atoms with Crippen LogP contribution >= 0.6 is 0 Å². The quantitative estimate of drug-likeness (QED) is 0.824. The standard InChI is InChI=1S/C20H28N4O2/c1-23-12-11-21-19(23)18-16(9-10-17(25)24(18)15-7-8-15)20(26)22-13-14-5-3-2-4-6-14/h5,11-12,15-16,18H,2-4,6-10,13H2,1H3,(H,22,26)/t16-,18-/m0/s1. The number of nitrogens with zero attached hydrogens (tertiary/aromatic N) is 3. The Kier molecular flexibility index (Phi) is 4.83. The molecule has 3 aliphatic rings. The van der Waals surface area contributed by atoms with Crippen LogP contribution in [-0.4, -0.2) is 38.9 Å². The van der Waals surface area contributed by atoms with Crippen LogP contribution in [0.4, 0.5) is 0 Å². The number of piperidine rings is 1. The topological polar surface area (TPSA) is 67.2 Å². The molecule has 6 heteroatoms. The van der Waals surface area contributed by atoms with Crippen LogP contribution < -0.4 is 5.32 Å². The smallest absolute Gasteiger partial charge is 0.225 e. The highest BCUT2D eigenvalue weighted by Gasteiger charge is 2.47. The molecule has 2 amide bonds. The van der Waals surface area contributed by atoms with Crippen molar-refractivity contribution in [2.45, 2.75) is 63.5 Å². The SMILES string of the molecule is Cn1ccnc1[C@@H]1[C@@H](C(=O)NCC2=CCCCC2)CCC(=O)N1C1CC1. The predicted molar refractivity (Wildman–Crippen MR) is 98.1 cm³/mol. The zero-order valence-electron chi connectivity index (χ0n) is 15.5. The largest absolute Gasteiger partial charge is 0.352 e. The molecule has 1 aromatic rings. The molecule has 6 nitrogen and oxygen atoms in total. The molecular formula is C20H28N4O2. The van der Waals surface area contributed by atoms with Crippen LogP contribution in [0.2, 0.25) is 0 Å². The summed E-state index contributed by atoms with van der Waals surface area (Å²) in [5, 5.41) is 3.15. The van der Waals surface area contributed by atoms with E-state index >= 15 is 0 Å². The molecule has 2 aliphatic carbocycles. The molecule has 1 saturated carbocycles. The number of hydrogen-bond donors (Lipinski definition) is 1. The number of allylic oxidation sites excluding steroid dienone is 1. The Morgan fingerprint density at radius 1 is 1.27 bits per heavy atom. The van der Waals surface area contributed by atoms with Gasteiger partial charge < -0.3 is 14.8 Å². The number of carbonyl (C=O) groups excluding carboxylic acids is 2. The van der Waals surface area contributed by atoms with Crippen LogP contribution in [0.15, 0.2) is 24.0 Å². The Hall–Kier alpha value is -2.11. The summed E-state index contributed by atoms with van der Waals surface area (Å²) in [6, 6.07) is 0.0324. The third-order valence-electron chi connectivity index (χ3n) is 5.91. The van der Waals surface area contributed by atoms with Crippen LogP contribution in [0, 0.1) is 5.92 Å². The highest BCUT2D eigenvalue weighted by Crippen LogP contribution is 2.43. The fourth-order valence-corrected chi connectivity index (χ4v) is 4.34. The number of rotatable bonds is 5. The highest BCUT2D eigenvalue weighted by atomic mass is 16.2. The number of nitrogens with one attached hydrogen (secondary N) is 1. The maximum absolute atomic E-state index is 13.0. The summed E-state index contributed by atoms with van der Waals surface area (Å²) in [5.74, 6) is 0.822. The summed E-state index contributed by atoms with van der Waals surface area (Å²) in [6.07, 6.45) is 13.7. The predicted octanol–water partition coefficient (Wildman–Crippen LogP) is 2.48. The lowest BCUT2D eigenvalue weighted by atomic mass is 9.86. The molecule has 0 aromatic carbocycles. The number of hydrogen-bond acceptors (Lipinski definition) is 3. The summed E-state index contributed by atoms with van der Waals surface area (Å²) < 4.78 is 1.95. The first-order valence-corrected chi connectivity index (χ1v) is 9.89. The number of carbonyl (C=O) groups is 2.